The Morgan fingerprint density at radius 2 is 2.16 bits per heavy atom. The Balaban J connectivity index is 2.03. The zero-order chi connectivity index (χ0) is 13.7. The van der Waals surface area contributed by atoms with Crippen molar-refractivity contribution in [1.82, 2.24) is 9.97 Å². The summed E-state index contributed by atoms with van der Waals surface area (Å²) in [6, 6.07) is 6.05. The number of hydrogen-bond acceptors (Lipinski definition) is 5. The molecule has 19 heavy (non-hydrogen) atoms. The molecule has 2 rings (SSSR count). The zero-order valence-electron chi connectivity index (χ0n) is 9.61. The second-order valence-corrected chi connectivity index (χ2v) is 3.89. The Morgan fingerprint density at radius 1 is 1.32 bits per heavy atom. The maximum Gasteiger partial charge on any atom is 0.271 e. The van der Waals surface area contributed by atoms with Crippen molar-refractivity contribution < 1.29 is 4.92 Å². The molecule has 8 heteroatoms. The molecular formula is C11H9N5O2S. The Bertz CT molecular complexity index is 605. The minimum Gasteiger partial charge on any atom is -0.332 e. The average molecular weight is 275 g/mol. The number of anilines is 2. The molecule has 0 bridgehead atoms. The lowest BCUT2D eigenvalue weighted by Gasteiger charge is -2.09. The Morgan fingerprint density at radius 3 is 2.84 bits per heavy atom. The molecule has 2 N–H and O–H groups in total. The van der Waals surface area contributed by atoms with Crippen LogP contribution in [0.2, 0.25) is 0 Å². The van der Waals surface area contributed by atoms with E-state index < -0.39 is 4.92 Å². The van der Waals surface area contributed by atoms with Gasteiger partial charge in [0.1, 0.15) is 0 Å². The van der Waals surface area contributed by atoms with Crippen molar-refractivity contribution >= 4 is 34.5 Å². The summed E-state index contributed by atoms with van der Waals surface area (Å²) in [6.45, 7) is 0. The van der Waals surface area contributed by atoms with Gasteiger partial charge in [0, 0.05) is 30.2 Å². The van der Waals surface area contributed by atoms with Crippen LogP contribution in [-0.4, -0.2) is 20.0 Å². The fraction of sp³-hybridized carbons (Fsp3) is 0. The number of aromatic nitrogens is 2. The smallest absolute Gasteiger partial charge is 0.271 e. The lowest BCUT2D eigenvalue weighted by Crippen LogP contribution is -2.19. The van der Waals surface area contributed by atoms with Crippen LogP contribution in [0.3, 0.4) is 0 Å². The van der Waals surface area contributed by atoms with Gasteiger partial charge < -0.3 is 10.6 Å². The van der Waals surface area contributed by atoms with Gasteiger partial charge in [-0.2, -0.15) is 0 Å². The molecule has 1 aromatic carbocycles. The van der Waals surface area contributed by atoms with Gasteiger partial charge in [0.05, 0.1) is 11.1 Å². The summed E-state index contributed by atoms with van der Waals surface area (Å²) in [4.78, 5) is 18.1. The number of nitrogens with zero attached hydrogens (tertiary/aromatic N) is 3. The summed E-state index contributed by atoms with van der Waals surface area (Å²) < 4.78 is 0. The van der Waals surface area contributed by atoms with Crippen LogP contribution in [0.15, 0.2) is 42.9 Å². The molecule has 1 aromatic heterocycles. The van der Waals surface area contributed by atoms with E-state index >= 15 is 0 Å². The van der Waals surface area contributed by atoms with Crippen LogP contribution in [0.4, 0.5) is 17.2 Å². The van der Waals surface area contributed by atoms with E-state index in [1.165, 1.54) is 24.5 Å². The van der Waals surface area contributed by atoms with Gasteiger partial charge in [-0.05, 0) is 18.3 Å². The highest BCUT2D eigenvalue weighted by Gasteiger charge is 2.06. The summed E-state index contributed by atoms with van der Waals surface area (Å²) in [5.41, 5.74) is 0.517. The molecule has 96 valence electrons. The van der Waals surface area contributed by atoms with Gasteiger partial charge >= 0.3 is 0 Å². The first-order chi connectivity index (χ1) is 9.15. The Hall–Kier alpha value is -2.61. The van der Waals surface area contributed by atoms with Gasteiger partial charge in [-0.25, -0.2) is 4.98 Å². The minimum atomic E-state index is -0.468. The second-order valence-electron chi connectivity index (χ2n) is 3.48. The molecule has 0 saturated heterocycles. The van der Waals surface area contributed by atoms with Crippen molar-refractivity contribution in [1.29, 1.82) is 0 Å². The summed E-state index contributed by atoms with van der Waals surface area (Å²) in [6.07, 6.45) is 4.59. The highest BCUT2D eigenvalue weighted by molar-refractivity contribution is 7.80. The van der Waals surface area contributed by atoms with Gasteiger partial charge in [0.15, 0.2) is 10.9 Å². The largest absolute Gasteiger partial charge is 0.332 e. The first-order valence-corrected chi connectivity index (χ1v) is 5.64. The summed E-state index contributed by atoms with van der Waals surface area (Å²) in [7, 11) is 0. The van der Waals surface area contributed by atoms with Crippen molar-refractivity contribution in [2.45, 2.75) is 0 Å². The number of rotatable bonds is 3. The van der Waals surface area contributed by atoms with Crippen LogP contribution in [0.5, 0.6) is 0 Å². The van der Waals surface area contributed by atoms with E-state index in [1.807, 2.05) is 0 Å². The van der Waals surface area contributed by atoms with Crippen LogP contribution < -0.4 is 10.6 Å². The zero-order valence-corrected chi connectivity index (χ0v) is 10.4. The molecule has 0 fully saturated rings. The maximum atomic E-state index is 10.6. The van der Waals surface area contributed by atoms with Gasteiger partial charge in [0.2, 0.25) is 0 Å². The third kappa shape index (κ3) is 3.68. The second kappa shape index (κ2) is 5.83. The normalized spacial score (nSPS) is 9.68. The summed E-state index contributed by atoms with van der Waals surface area (Å²) in [5, 5.41) is 16.6. The number of hydrogen-bond donors (Lipinski definition) is 2. The number of benzene rings is 1. The van der Waals surface area contributed by atoms with Gasteiger partial charge in [-0.3, -0.25) is 15.1 Å². The molecule has 2 aromatic rings. The fourth-order valence-corrected chi connectivity index (χ4v) is 1.56. The van der Waals surface area contributed by atoms with E-state index in [4.69, 9.17) is 12.2 Å². The van der Waals surface area contributed by atoms with E-state index in [1.54, 1.807) is 18.3 Å². The first kappa shape index (κ1) is 12.8. The van der Waals surface area contributed by atoms with E-state index in [0.29, 0.717) is 11.5 Å². The van der Waals surface area contributed by atoms with Crippen molar-refractivity contribution in [3.8, 4) is 0 Å². The van der Waals surface area contributed by atoms with Crippen LogP contribution >= 0.6 is 12.2 Å². The molecule has 0 atom stereocenters. The highest BCUT2D eigenvalue weighted by atomic mass is 32.1. The molecule has 0 amide bonds. The molecule has 0 spiro atoms. The van der Waals surface area contributed by atoms with E-state index in [-0.39, 0.29) is 10.8 Å². The van der Waals surface area contributed by atoms with Crippen LogP contribution in [0, 0.1) is 10.1 Å². The summed E-state index contributed by atoms with van der Waals surface area (Å²) >= 11 is 5.07. The van der Waals surface area contributed by atoms with Crippen molar-refractivity contribution in [2.24, 2.45) is 0 Å². The third-order valence-corrected chi connectivity index (χ3v) is 2.32. The number of thiocarbonyl (C=S) groups is 1. The quantitative estimate of drug-likeness (QED) is 0.504. The molecule has 0 aliphatic rings. The molecule has 7 nitrogen and oxygen atoms in total. The molecule has 0 aliphatic carbocycles. The van der Waals surface area contributed by atoms with Gasteiger partial charge in [-0.15, -0.1) is 0 Å². The predicted octanol–water partition coefficient (Wildman–Crippen LogP) is 2.19. The average Bonchev–Trinajstić information content (AvgIpc) is 2.40. The van der Waals surface area contributed by atoms with Crippen molar-refractivity contribution in [2.75, 3.05) is 10.6 Å². The van der Waals surface area contributed by atoms with Gasteiger partial charge in [-0.1, -0.05) is 6.07 Å². The number of nitro benzene ring substituents is 1. The Kier molecular flexibility index (Phi) is 3.94. The van der Waals surface area contributed by atoms with Crippen molar-refractivity contribution in [3.05, 3.63) is 53.0 Å². The van der Waals surface area contributed by atoms with Crippen molar-refractivity contribution in [3.63, 3.8) is 0 Å². The van der Waals surface area contributed by atoms with Crippen LogP contribution in [0.1, 0.15) is 0 Å². The lowest BCUT2D eigenvalue weighted by atomic mass is 10.3. The molecule has 0 radical (unpaired) electrons. The van der Waals surface area contributed by atoms with E-state index in [0.717, 1.165) is 0 Å². The SMILES string of the molecule is O=[N+]([O-])c1cccc(NC(=S)Nc2cnccn2)c1. The third-order valence-electron chi connectivity index (χ3n) is 2.12. The minimum absolute atomic E-state index is 0.00713. The molecular weight excluding hydrogens is 266 g/mol. The fourth-order valence-electron chi connectivity index (χ4n) is 1.34. The molecule has 0 aliphatic heterocycles. The molecule has 0 unspecified atom stereocenters. The van der Waals surface area contributed by atoms with Crippen LogP contribution in [-0.2, 0) is 0 Å². The van der Waals surface area contributed by atoms with Gasteiger partial charge in [0.25, 0.3) is 5.69 Å². The lowest BCUT2D eigenvalue weighted by molar-refractivity contribution is -0.384. The van der Waals surface area contributed by atoms with E-state index in [2.05, 4.69) is 20.6 Å². The Labute approximate surface area is 113 Å². The van der Waals surface area contributed by atoms with E-state index in [9.17, 15) is 10.1 Å². The first-order valence-electron chi connectivity index (χ1n) is 5.23. The standard InChI is InChI=1S/C11H9N5O2S/c17-16(18)9-3-1-2-8(6-9)14-11(19)15-10-7-12-4-5-13-10/h1-7H,(H2,13,14,15,19). The number of nitrogens with one attached hydrogen (secondary N) is 2. The monoisotopic (exact) mass is 275 g/mol. The number of non-ortho nitro benzene ring substituents is 1. The molecule has 1 heterocycles. The predicted molar refractivity (Wildman–Crippen MR) is 75.0 cm³/mol. The number of nitro groups is 1. The highest BCUT2D eigenvalue weighted by Crippen LogP contribution is 2.17. The maximum absolute atomic E-state index is 10.6. The molecule has 0 saturated carbocycles. The topological polar surface area (TPSA) is 93.0 Å². The van der Waals surface area contributed by atoms with Crippen LogP contribution in [0.25, 0.3) is 0 Å². The summed E-state index contributed by atoms with van der Waals surface area (Å²) in [5.74, 6) is 0.491.